The van der Waals surface area contributed by atoms with Gasteiger partial charge in [-0.25, -0.2) is 12.8 Å². The van der Waals surface area contributed by atoms with Crippen LogP contribution in [0.5, 0.6) is 0 Å². The van der Waals surface area contributed by atoms with Gasteiger partial charge in [0.05, 0.1) is 10.8 Å². The molecule has 0 aromatic heterocycles. The Hall–Kier alpha value is -1.47. The summed E-state index contributed by atoms with van der Waals surface area (Å²) in [6.07, 6.45) is 2.09. The Labute approximate surface area is 143 Å². The summed E-state index contributed by atoms with van der Waals surface area (Å²) in [6.45, 7) is 6.42. The number of hydrogen-bond acceptors (Lipinski definition) is 3. The Balaban J connectivity index is 2.12. The van der Waals surface area contributed by atoms with E-state index >= 15 is 0 Å². The lowest BCUT2D eigenvalue weighted by molar-refractivity contribution is -0.127. The molecule has 0 bridgehead atoms. The van der Waals surface area contributed by atoms with E-state index in [1.807, 2.05) is 20.8 Å². The SMILES string of the molecule is CCC(C)(C)NC(=O)C1CCCN(S(=O)(=O)c2ccc(F)cc2)C1. The quantitative estimate of drug-likeness (QED) is 0.882. The molecular formula is C17H25FN2O3S. The zero-order valence-electron chi connectivity index (χ0n) is 14.4. The Morgan fingerprint density at radius 2 is 1.96 bits per heavy atom. The van der Waals surface area contributed by atoms with Crippen molar-refractivity contribution in [2.75, 3.05) is 13.1 Å². The van der Waals surface area contributed by atoms with Crippen molar-refractivity contribution < 1.29 is 17.6 Å². The number of nitrogens with zero attached hydrogens (tertiary/aromatic N) is 1. The van der Waals surface area contributed by atoms with Gasteiger partial charge in [-0.2, -0.15) is 4.31 Å². The van der Waals surface area contributed by atoms with Crippen molar-refractivity contribution in [3.05, 3.63) is 30.1 Å². The molecule has 1 aliphatic heterocycles. The van der Waals surface area contributed by atoms with Gasteiger partial charge in [-0.1, -0.05) is 6.92 Å². The molecule has 7 heteroatoms. The fourth-order valence-electron chi connectivity index (χ4n) is 2.65. The van der Waals surface area contributed by atoms with E-state index in [0.717, 1.165) is 18.6 Å². The van der Waals surface area contributed by atoms with E-state index in [1.165, 1.54) is 16.4 Å². The highest BCUT2D eigenvalue weighted by Crippen LogP contribution is 2.24. The summed E-state index contributed by atoms with van der Waals surface area (Å²) >= 11 is 0. The largest absolute Gasteiger partial charge is 0.351 e. The number of piperidine rings is 1. The first kappa shape index (κ1) is 18.9. The Morgan fingerprint density at radius 3 is 2.54 bits per heavy atom. The maximum absolute atomic E-state index is 13.0. The van der Waals surface area contributed by atoms with Crippen molar-refractivity contribution in [1.82, 2.24) is 9.62 Å². The molecule has 1 aliphatic rings. The second-order valence-electron chi connectivity index (χ2n) is 6.88. The van der Waals surface area contributed by atoms with E-state index in [9.17, 15) is 17.6 Å². The molecule has 1 fully saturated rings. The molecule has 0 radical (unpaired) electrons. The van der Waals surface area contributed by atoms with Crippen LogP contribution in [0, 0.1) is 11.7 Å². The number of carbonyl (C=O) groups excluding carboxylic acids is 1. The van der Waals surface area contributed by atoms with Crippen LogP contribution in [-0.4, -0.2) is 37.3 Å². The minimum Gasteiger partial charge on any atom is -0.351 e. The number of rotatable bonds is 5. The molecule has 2 rings (SSSR count). The van der Waals surface area contributed by atoms with Crippen molar-refractivity contribution in [3.63, 3.8) is 0 Å². The Bertz CT molecular complexity index is 686. The number of amides is 1. The highest BCUT2D eigenvalue weighted by Gasteiger charge is 2.34. The van der Waals surface area contributed by atoms with E-state index in [4.69, 9.17) is 0 Å². The van der Waals surface area contributed by atoms with E-state index in [1.54, 1.807) is 0 Å². The summed E-state index contributed by atoms with van der Waals surface area (Å²) in [5.41, 5.74) is -0.310. The predicted molar refractivity (Wildman–Crippen MR) is 90.4 cm³/mol. The van der Waals surface area contributed by atoms with Crippen molar-refractivity contribution in [1.29, 1.82) is 0 Å². The van der Waals surface area contributed by atoms with E-state index in [2.05, 4.69) is 5.32 Å². The van der Waals surface area contributed by atoms with E-state index in [-0.39, 0.29) is 28.8 Å². The van der Waals surface area contributed by atoms with Crippen LogP contribution in [0.25, 0.3) is 0 Å². The third-order valence-corrected chi connectivity index (χ3v) is 6.43. The fourth-order valence-corrected chi connectivity index (χ4v) is 4.18. The monoisotopic (exact) mass is 356 g/mol. The normalized spacial score (nSPS) is 19.9. The molecule has 1 unspecified atom stereocenters. The number of halogens is 1. The molecule has 1 atom stereocenters. The summed E-state index contributed by atoms with van der Waals surface area (Å²) in [7, 11) is -3.71. The number of hydrogen-bond donors (Lipinski definition) is 1. The lowest BCUT2D eigenvalue weighted by Gasteiger charge is -2.33. The highest BCUT2D eigenvalue weighted by atomic mass is 32.2. The number of benzene rings is 1. The van der Waals surface area contributed by atoms with Crippen LogP contribution in [0.4, 0.5) is 4.39 Å². The zero-order valence-corrected chi connectivity index (χ0v) is 15.2. The molecule has 24 heavy (non-hydrogen) atoms. The van der Waals surface area contributed by atoms with Crippen molar-refractivity contribution >= 4 is 15.9 Å². The number of nitrogens with one attached hydrogen (secondary N) is 1. The van der Waals surface area contributed by atoms with Gasteiger partial charge in [-0.05, 0) is 57.4 Å². The Kier molecular flexibility index (Phi) is 5.65. The molecule has 1 amide bonds. The second kappa shape index (κ2) is 7.19. The maximum Gasteiger partial charge on any atom is 0.243 e. The molecular weight excluding hydrogens is 331 g/mol. The number of sulfonamides is 1. The minimum absolute atomic E-state index is 0.0545. The first-order valence-corrected chi connectivity index (χ1v) is 9.67. The average molecular weight is 356 g/mol. The average Bonchev–Trinajstić information content (AvgIpc) is 2.55. The third-order valence-electron chi connectivity index (χ3n) is 4.55. The van der Waals surface area contributed by atoms with Crippen LogP contribution < -0.4 is 5.32 Å². The van der Waals surface area contributed by atoms with E-state index < -0.39 is 15.8 Å². The highest BCUT2D eigenvalue weighted by molar-refractivity contribution is 7.89. The van der Waals surface area contributed by atoms with Gasteiger partial charge in [0.15, 0.2) is 0 Å². The maximum atomic E-state index is 13.0. The van der Waals surface area contributed by atoms with Crippen molar-refractivity contribution in [3.8, 4) is 0 Å². The van der Waals surface area contributed by atoms with Gasteiger partial charge in [0.1, 0.15) is 5.82 Å². The minimum atomic E-state index is -3.71. The topological polar surface area (TPSA) is 66.5 Å². The molecule has 0 saturated carbocycles. The fraction of sp³-hybridized carbons (Fsp3) is 0.588. The van der Waals surface area contributed by atoms with Crippen LogP contribution in [0.1, 0.15) is 40.0 Å². The summed E-state index contributed by atoms with van der Waals surface area (Å²) in [5.74, 6) is -0.952. The Morgan fingerprint density at radius 1 is 1.33 bits per heavy atom. The summed E-state index contributed by atoms with van der Waals surface area (Å²) in [4.78, 5) is 12.5. The lowest BCUT2D eigenvalue weighted by atomic mass is 9.95. The van der Waals surface area contributed by atoms with Gasteiger partial charge < -0.3 is 5.32 Å². The van der Waals surface area contributed by atoms with Crippen LogP contribution in [0.3, 0.4) is 0 Å². The van der Waals surface area contributed by atoms with Gasteiger partial charge in [0.25, 0.3) is 0 Å². The second-order valence-corrected chi connectivity index (χ2v) is 8.82. The molecule has 5 nitrogen and oxygen atoms in total. The van der Waals surface area contributed by atoms with Crippen molar-refractivity contribution in [2.45, 2.75) is 50.5 Å². The summed E-state index contributed by atoms with van der Waals surface area (Å²) in [5, 5.41) is 2.98. The smallest absolute Gasteiger partial charge is 0.243 e. The predicted octanol–water partition coefficient (Wildman–Crippen LogP) is 2.53. The molecule has 1 heterocycles. The van der Waals surface area contributed by atoms with Crippen LogP contribution >= 0.6 is 0 Å². The molecule has 1 aromatic rings. The first-order chi connectivity index (χ1) is 11.2. The standard InChI is InChI=1S/C17H25FN2O3S/c1-4-17(2,3)19-16(21)13-6-5-11-20(12-13)24(22,23)15-9-7-14(18)8-10-15/h7-10,13H,4-6,11-12H2,1-3H3,(H,19,21). The van der Waals surface area contributed by atoms with Crippen LogP contribution in [0.2, 0.25) is 0 Å². The zero-order chi connectivity index (χ0) is 18.0. The number of carbonyl (C=O) groups is 1. The van der Waals surface area contributed by atoms with Gasteiger partial charge in [-0.15, -0.1) is 0 Å². The van der Waals surface area contributed by atoms with Gasteiger partial charge in [0, 0.05) is 18.6 Å². The van der Waals surface area contributed by atoms with Crippen LogP contribution in [-0.2, 0) is 14.8 Å². The van der Waals surface area contributed by atoms with Gasteiger partial charge in [-0.3, -0.25) is 4.79 Å². The molecule has 1 saturated heterocycles. The van der Waals surface area contributed by atoms with Crippen LogP contribution in [0.15, 0.2) is 29.2 Å². The summed E-state index contributed by atoms with van der Waals surface area (Å²) < 4.78 is 39.7. The molecule has 1 aromatic carbocycles. The van der Waals surface area contributed by atoms with E-state index in [0.29, 0.717) is 19.4 Å². The molecule has 0 aliphatic carbocycles. The van der Waals surface area contributed by atoms with Gasteiger partial charge in [0.2, 0.25) is 15.9 Å². The lowest BCUT2D eigenvalue weighted by Crippen LogP contribution is -2.50. The molecule has 134 valence electrons. The summed E-state index contributed by atoms with van der Waals surface area (Å²) in [6, 6.07) is 4.78. The molecule has 0 spiro atoms. The third kappa shape index (κ3) is 4.33. The molecule has 1 N–H and O–H groups in total. The van der Waals surface area contributed by atoms with Crippen molar-refractivity contribution in [2.24, 2.45) is 5.92 Å². The van der Waals surface area contributed by atoms with Gasteiger partial charge >= 0.3 is 0 Å². The first-order valence-electron chi connectivity index (χ1n) is 8.23.